The number of thiol groups is 1. The third kappa shape index (κ3) is 6.45. The zero-order valence-electron chi connectivity index (χ0n) is 11.3. The van der Waals surface area contributed by atoms with E-state index >= 15 is 0 Å². The summed E-state index contributed by atoms with van der Waals surface area (Å²) in [6, 6.07) is 5.41. The lowest BCUT2D eigenvalue weighted by Crippen LogP contribution is -2.25. The monoisotopic (exact) mass is 345 g/mol. The molecule has 0 saturated heterocycles. The predicted molar refractivity (Wildman–Crippen MR) is 84.0 cm³/mol. The van der Waals surface area contributed by atoms with Crippen LogP contribution >= 0.6 is 28.6 Å². The average Bonchev–Trinajstić information content (AvgIpc) is 2.36. The third-order valence-electron chi connectivity index (χ3n) is 2.40. The number of carbonyl (C=O) groups excluding carboxylic acids is 1. The Labute approximate surface area is 128 Å². The first-order valence-electron chi connectivity index (χ1n) is 6.35. The number of benzene rings is 1. The lowest BCUT2D eigenvalue weighted by Gasteiger charge is -2.09. The summed E-state index contributed by atoms with van der Waals surface area (Å²) in [5.74, 6) is 0.454. The van der Waals surface area contributed by atoms with Gasteiger partial charge in [-0.2, -0.15) is 0 Å². The highest BCUT2D eigenvalue weighted by Gasteiger charge is 2.09. The van der Waals surface area contributed by atoms with Crippen LogP contribution in [0.4, 0.5) is 0 Å². The zero-order chi connectivity index (χ0) is 14.3. The lowest BCUT2D eigenvalue weighted by atomic mass is 10.2. The Morgan fingerprint density at radius 3 is 2.89 bits per heavy atom. The fraction of sp³-hybridized carbons (Fsp3) is 0.500. The Hall–Kier alpha value is -0.520. The molecule has 0 fully saturated rings. The molecule has 3 nitrogen and oxygen atoms in total. The van der Waals surface area contributed by atoms with Gasteiger partial charge in [0.1, 0.15) is 0 Å². The van der Waals surface area contributed by atoms with Gasteiger partial charge in [0.25, 0.3) is 5.91 Å². The van der Waals surface area contributed by atoms with Gasteiger partial charge in [0.15, 0.2) is 0 Å². The van der Waals surface area contributed by atoms with Gasteiger partial charge < -0.3 is 10.1 Å². The number of hydrogen-bond acceptors (Lipinski definition) is 3. The molecule has 1 aromatic rings. The van der Waals surface area contributed by atoms with Gasteiger partial charge in [0, 0.05) is 29.1 Å². The molecule has 0 saturated carbocycles. The van der Waals surface area contributed by atoms with Crippen molar-refractivity contribution in [1.82, 2.24) is 5.32 Å². The number of amides is 1. The highest BCUT2D eigenvalue weighted by Crippen LogP contribution is 2.20. The van der Waals surface area contributed by atoms with E-state index in [1.807, 2.05) is 12.1 Å². The van der Waals surface area contributed by atoms with Crippen molar-refractivity contribution in [3.63, 3.8) is 0 Å². The van der Waals surface area contributed by atoms with Gasteiger partial charge in [-0.3, -0.25) is 4.79 Å². The molecule has 0 aliphatic carbocycles. The first kappa shape index (κ1) is 16.5. The van der Waals surface area contributed by atoms with E-state index in [4.69, 9.17) is 4.74 Å². The molecule has 0 aromatic heterocycles. The second-order valence-electron chi connectivity index (χ2n) is 4.74. The van der Waals surface area contributed by atoms with Crippen LogP contribution < -0.4 is 5.32 Å². The van der Waals surface area contributed by atoms with E-state index in [1.54, 1.807) is 6.07 Å². The maximum absolute atomic E-state index is 11.9. The molecule has 0 heterocycles. The molecular weight excluding hydrogens is 326 g/mol. The van der Waals surface area contributed by atoms with Crippen LogP contribution in [0.15, 0.2) is 27.6 Å². The highest BCUT2D eigenvalue weighted by atomic mass is 79.9. The van der Waals surface area contributed by atoms with Crippen molar-refractivity contribution in [2.24, 2.45) is 5.92 Å². The van der Waals surface area contributed by atoms with E-state index in [2.05, 4.69) is 47.7 Å². The van der Waals surface area contributed by atoms with Crippen LogP contribution in [0.1, 0.15) is 30.6 Å². The fourth-order valence-corrected chi connectivity index (χ4v) is 2.11. The van der Waals surface area contributed by atoms with E-state index < -0.39 is 0 Å². The van der Waals surface area contributed by atoms with Gasteiger partial charge in [0.2, 0.25) is 0 Å². The van der Waals surface area contributed by atoms with Gasteiger partial charge in [-0.25, -0.2) is 0 Å². The van der Waals surface area contributed by atoms with Crippen molar-refractivity contribution < 1.29 is 9.53 Å². The summed E-state index contributed by atoms with van der Waals surface area (Å²) in [4.78, 5) is 12.7. The second kappa shape index (κ2) is 8.61. The van der Waals surface area contributed by atoms with Gasteiger partial charge in [-0.15, -0.1) is 12.6 Å². The molecule has 0 radical (unpaired) electrons. The van der Waals surface area contributed by atoms with Gasteiger partial charge in [-0.1, -0.05) is 13.8 Å². The normalized spacial score (nSPS) is 10.8. The number of hydrogen-bond donors (Lipinski definition) is 2. The lowest BCUT2D eigenvalue weighted by molar-refractivity contribution is 0.0924. The van der Waals surface area contributed by atoms with E-state index in [0.717, 1.165) is 22.4 Å². The average molecular weight is 346 g/mol. The topological polar surface area (TPSA) is 38.3 Å². The van der Waals surface area contributed by atoms with Crippen molar-refractivity contribution in [3.05, 3.63) is 28.2 Å². The third-order valence-corrected chi connectivity index (χ3v) is 3.37. The number of rotatable bonds is 7. The van der Waals surface area contributed by atoms with E-state index in [0.29, 0.717) is 24.6 Å². The van der Waals surface area contributed by atoms with Crippen LogP contribution in [0.2, 0.25) is 0 Å². The van der Waals surface area contributed by atoms with Crippen molar-refractivity contribution in [1.29, 1.82) is 0 Å². The summed E-state index contributed by atoms with van der Waals surface area (Å²) in [6.07, 6.45) is 0.816. The van der Waals surface area contributed by atoms with Crippen LogP contribution in [0.25, 0.3) is 0 Å². The summed E-state index contributed by atoms with van der Waals surface area (Å²) in [6.45, 7) is 6.28. The molecule has 0 aliphatic rings. The molecule has 1 amide bonds. The number of ether oxygens (including phenoxy) is 1. The molecule has 5 heteroatoms. The standard InChI is InChI=1S/C14H20BrNO2S/c1-10(2)9-18-7-3-6-16-14(17)12-8-11(19)4-5-13(12)15/h4-5,8,10,19H,3,6-7,9H2,1-2H3,(H,16,17). The summed E-state index contributed by atoms with van der Waals surface area (Å²) in [7, 11) is 0. The van der Waals surface area contributed by atoms with Crippen LogP contribution in [0.5, 0.6) is 0 Å². The van der Waals surface area contributed by atoms with E-state index in [1.165, 1.54) is 0 Å². The van der Waals surface area contributed by atoms with Crippen molar-refractivity contribution in [2.75, 3.05) is 19.8 Å². The SMILES string of the molecule is CC(C)COCCCNC(=O)c1cc(S)ccc1Br. The maximum atomic E-state index is 11.9. The number of nitrogens with one attached hydrogen (secondary N) is 1. The number of halogens is 1. The molecule has 0 bridgehead atoms. The highest BCUT2D eigenvalue weighted by molar-refractivity contribution is 9.10. The Bertz CT molecular complexity index is 424. The van der Waals surface area contributed by atoms with Crippen LogP contribution in [0, 0.1) is 5.92 Å². The summed E-state index contributed by atoms with van der Waals surface area (Å²) >= 11 is 7.59. The molecule has 1 N–H and O–H groups in total. The maximum Gasteiger partial charge on any atom is 0.252 e. The first-order chi connectivity index (χ1) is 9.00. The molecular formula is C14H20BrNO2S. The molecule has 0 aliphatic heterocycles. The largest absolute Gasteiger partial charge is 0.381 e. The molecule has 1 rings (SSSR count). The molecule has 106 valence electrons. The van der Waals surface area contributed by atoms with Gasteiger partial charge in [-0.05, 0) is 46.5 Å². The quantitative estimate of drug-likeness (QED) is 0.586. The Morgan fingerprint density at radius 2 is 2.21 bits per heavy atom. The fourth-order valence-electron chi connectivity index (χ4n) is 1.48. The second-order valence-corrected chi connectivity index (χ2v) is 6.11. The van der Waals surface area contributed by atoms with Crippen molar-refractivity contribution in [2.45, 2.75) is 25.2 Å². The van der Waals surface area contributed by atoms with Crippen LogP contribution in [-0.2, 0) is 4.74 Å². The van der Waals surface area contributed by atoms with Crippen LogP contribution in [0.3, 0.4) is 0 Å². The Kier molecular flexibility index (Phi) is 7.49. The molecule has 0 atom stereocenters. The first-order valence-corrected chi connectivity index (χ1v) is 7.59. The summed E-state index contributed by atoms with van der Waals surface area (Å²) in [5.41, 5.74) is 0.607. The van der Waals surface area contributed by atoms with Crippen LogP contribution in [-0.4, -0.2) is 25.7 Å². The van der Waals surface area contributed by atoms with Gasteiger partial charge >= 0.3 is 0 Å². The molecule has 19 heavy (non-hydrogen) atoms. The minimum absolute atomic E-state index is 0.0911. The zero-order valence-corrected chi connectivity index (χ0v) is 13.8. The Morgan fingerprint density at radius 1 is 1.47 bits per heavy atom. The molecule has 1 aromatic carbocycles. The molecule has 0 spiro atoms. The smallest absolute Gasteiger partial charge is 0.252 e. The van der Waals surface area contributed by atoms with Crippen molar-refractivity contribution in [3.8, 4) is 0 Å². The van der Waals surface area contributed by atoms with E-state index in [-0.39, 0.29) is 5.91 Å². The predicted octanol–water partition coefficient (Wildman–Crippen LogP) is 3.53. The number of carbonyl (C=O) groups is 1. The van der Waals surface area contributed by atoms with Gasteiger partial charge in [0.05, 0.1) is 5.56 Å². The van der Waals surface area contributed by atoms with Crippen molar-refractivity contribution >= 4 is 34.5 Å². The summed E-state index contributed by atoms with van der Waals surface area (Å²) < 4.78 is 6.23. The summed E-state index contributed by atoms with van der Waals surface area (Å²) in [5, 5.41) is 2.87. The minimum atomic E-state index is -0.0911. The molecule has 0 unspecified atom stereocenters. The van der Waals surface area contributed by atoms with E-state index in [9.17, 15) is 4.79 Å². The Balaban J connectivity index is 2.29. The minimum Gasteiger partial charge on any atom is -0.381 e.